The number of carbonyl (C=O) groups is 1. The van der Waals surface area contributed by atoms with Gasteiger partial charge in [-0.15, -0.1) is 10.2 Å². The molecule has 2 aromatic heterocycles. The summed E-state index contributed by atoms with van der Waals surface area (Å²) in [6, 6.07) is 7.83. The molecule has 0 aliphatic rings. The van der Waals surface area contributed by atoms with Crippen molar-refractivity contribution in [2.45, 2.75) is 23.5 Å². The summed E-state index contributed by atoms with van der Waals surface area (Å²) in [5, 5.41) is 20.0. The molecule has 1 aromatic carbocycles. The van der Waals surface area contributed by atoms with Crippen molar-refractivity contribution < 1.29 is 14.1 Å². The van der Waals surface area contributed by atoms with Gasteiger partial charge in [-0.1, -0.05) is 6.07 Å². The van der Waals surface area contributed by atoms with E-state index in [9.17, 15) is 14.9 Å². The van der Waals surface area contributed by atoms with Gasteiger partial charge in [-0.2, -0.15) is 0 Å². The number of carbonyl (C=O) groups excluding carboxylic acids is 1. The molecule has 24 heavy (non-hydrogen) atoms. The average Bonchev–Trinajstić information content (AvgIpc) is 3.23. The highest BCUT2D eigenvalue weighted by molar-refractivity contribution is 7.99. The molecule has 0 N–H and O–H groups in total. The molecule has 9 heteroatoms. The molecular weight excluding hydrogens is 332 g/mol. The molecule has 0 atom stereocenters. The molecule has 0 unspecified atom stereocenters. The topological polar surface area (TPSA) is 104 Å². The van der Waals surface area contributed by atoms with E-state index in [-0.39, 0.29) is 11.3 Å². The molecule has 8 nitrogen and oxygen atoms in total. The second-order valence-electron chi connectivity index (χ2n) is 4.73. The van der Waals surface area contributed by atoms with E-state index in [4.69, 9.17) is 4.42 Å². The van der Waals surface area contributed by atoms with Crippen LogP contribution in [0.4, 0.5) is 5.69 Å². The van der Waals surface area contributed by atoms with Crippen LogP contribution in [0.1, 0.15) is 17.3 Å². The quantitative estimate of drug-likeness (QED) is 0.383. The predicted molar refractivity (Wildman–Crippen MR) is 86.0 cm³/mol. The van der Waals surface area contributed by atoms with E-state index in [2.05, 4.69) is 10.2 Å². The van der Waals surface area contributed by atoms with Gasteiger partial charge in [-0.3, -0.25) is 19.5 Å². The minimum Gasteiger partial charge on any atom is -0.461 e. The van der Waals surface area contributed by atoms with Gasteiger partial charge >= 0.3 is 0 Å². The Morgan fingerprint density at radius 1 is 1.38 bits per heavy atom. The average molecular weight is 344 g/mol. The van der Waals surface area contributed by atoms with E-state index in [1.807, 2.05) is 6.92 Å². The fourth-order valence-electron chi connectivity index (χ4n) is 2.17. The molecule has 0 saturated heterocycles. The van der Waals surface area contributed by atoms with Crippen LogP contribution >= 0.6 is 11.8 Å². The first-order valence-corrected chi connectivity index (χ1v) is 7.84. The Balaban J connectivity index is 2.00. The molecule has 3 aromatic rings. The summed E-state index contributed by atoms with van der Waals surface area (Å²) in [6.07, 6.45) is 2.12. The van der Waals surface area contributed by atoms with Gasteiger partial charge in [0.15, 0.2) is 16.7 Å². The van der Waals surface area contributed by atoms with E-state index in [1.54, 1.807) is 23.0 Å². The summed E-state index contributed by atoms with van der Waals surface area (Å²) < 4.78 is 7.14. The second kappa shape index (κ2) is 6.67. The van der Waals surface area contributed by atoms with Crippen LogP contribution in [0.2, 0.25) is 0 Å². The number of aromatic nitrogens is 3. The number of benzene rings is 1. The molecule has 0 saturated carbocycles. The number of hydrogen-bond acceptors (Lipinski definition) is 7. The molecule has 0 fully saturated rings. The van der Waals surface area contributed by atoms with Gasteiger partial charge in [-0.05, 0) is 36.9 Å². The molecule has 0 spiro atoms. The number of nitro groups is 1. The molecule has 0 bridgehead atoms. The van der Waals surface area contributed by atoms with Gasteiger partial charge in [0.1, 0.15) is 6.29 Å². The number of furan rings is 1. The molecule has 122 valence electrons. The van der Waals surface area contributed by atoms with Crippen LogP contribution in [-0.4, -0.2) is 26.0 Å². The number of nitro benzene ring substituents is 1. The van der Waals surface area contributed by atoms with Crippen LogP contribution in [0.15, 0.2) is 51.1 Å². The number of hydrogen-bond donors (Lipinski definition) is 0. The molecule has 0 amide bonds. The first-order valence-electron chi connectivity index (χ1n) is 7.02. The lowest BCUT2D eigenvalue weighted by atomic mass is 10.2. The standard InChI is InChI=1S/C15H12N4O4S/c1-2-18-14(12-4-3-7-23-12)16-17-15(18)24-13-6-5-10(9-20)8-11(13)19(21)22/h3-9H,2H2,1H3. The first-order chi connectivity index (χ1) is 11.6. The van der Waals surface area contributed by atoms with Crippen LogP contribution < -0.4 is 0 Å². The van der Waals surface area contributed by atoms with Gasteiger partial charge in [0.05, 0.1) is 16.1 Å². The van der Waals surface area contributed by atoms with Crippen molar-refractivity contribution in [3.63, 3.8) is 0 Å². The lowest BCUT2D eigenvalue weighted by molar-refractivity contribution is -0.387. The van der Waals surface area contributed by atoms with E-state index in [1.165, 1.54) is 18.2 Å². The highest BCUT2D eigenvalue weighted by Gasteiger charge is 2.21. The molecular formula is C15H12N4O4S. The van der Waals surface area contributed by atoms with E-state index in [0.717, 1.165) is 11.8 Å². The van der Waals surface area contributed by atoms with E-state index >= 15 is 0 Å². The maximum atomic E-state index is 11.2. The third-order valence-corrected chi connectivity index (χ3v) is 4.34. The molecule has 0 aliphatic heterocycles. The Labute approximate surface area is 140 Å². The smallest absolute Gasteiger partial charge is 0.284 e. The van der Waals surface area contributed by atoms with Crippen LogP contribution in [0.3, 0.4) is 0 Å². The van der Waals surface area contributed by atoms with Crippen molar-refractivity contribution in [1.82, 2.24) is 14.8 Å². The monoisotopic (exact) mass is 344 g/mol. The summed E-state index contributed by atoms with van der Waals surface area (Å²) in [4.78, 5) is 21.9. The predicted octanol–water partition coefficient (Wildman–Crippen LogP) is 3.43. The minimum absolute atomic E-state index is 0.144. The summed E-state index contributed by atoms with van der Waals surface area (Å²) >= 11 is 1.12. The third-order valence-electron chi connectivity index (χ3n) is 3.29. The van der Waals surface area contributed by atoms with Crippen LogP contribution in [-0.2, 0) is 6.54 Å². The zero-order valence-corrected chi connectivity index (χ0v) is 13.4. The molecule has 0 aliphatic carbocycles. The van der Waals surface area contributed by atoms with Crippen molar-refractivity contribution in [1.29, 1.82) is 0 Å². The normalized spacial score (nSPS) is 10.7. The molecule has 2 heterocycles. The first kappa shape index (κ1) is 15.9. The van der Waals surface area contributed by atoms with Gasteiger partial charge in [0, 0.05) is 18.2 Å². The van der Waals surface area contributed by atoms with Crippen molar-refractivity contribution in [2.24, 2.45) is 0 Å². The van der Waals surface area contributed by atoms with Crippen molar-refractivity contribution in [3.05, 3.63) is 52.3 Å². The molecule has 0 radical (unpaired) electrons. The Kier molecular flexibility index (Phi) is 4.43. The van der Waals surface area contributed by atoms with Crippen LogP contribution in [0.5, 0.6) is 0 Å². The summed E-state index contributed by atoms with van der Waals surface area (Å²) in [5.74, 6) is 1.12. The summed E-state index contributed by atoms with van der Waals surface area (Å²) in [6.45, 7) is 2.50. The Morgan fingerprint density at radius 2 is 2.21 bits per heavy atom. The van der Waals surface area contributed by atoms with Gasteiger partial charge < -0.3 is 4.42 Å². The lowest BCUT2D eigenvalue weighted by Gasteiger charge is -2.06. The Bertz CT molecular complexity index is 889. The highest BCUT2D eigenvalue weighted by atomic mass is 32.2. The second-order valence-corrected chi connectivity index (χ2v) is 5.74. The maximum absolute atomic E-state index is 11.2. The van der Waals surface area contributed by atoms with Gasteiger partial charge in [0.25, 0.3) is 5.69 Å². The SMILES string of the molecule is CCn1c(Sc2ccc(C=O)cc2[N+](=O)[O-])nnc1-c1ccco1. The van der Waals surface area contributed by atoms with E-state index in [0.29, 0.717) is 34.5 Å². The van der Waals surface area contributed by atoms with Crippen molar-refractivity contribution in [3.8, 4) is 11.6 Å². The zero-order valence-electron chi connectivity index (χ0n) is 12.6. The summed E-state index contributed by atoms with van der Waals surface area (Å²) in [5.41, 5.74) is 0.106. The Morgan fingerprint density at radius 3 is 2.83 bits per heavy atom. The Hall–Kier alpha value is -2.94. The number of rotatable bonds is 6. The third kappa shape index (κ3) is 2.93. The lowest BCUT2D eigenvalue weighted by Crippen LogP contribution is -2.00. The van der Waals surface area contributed by atoms with Crippen LogP contribution in [0.25, 0.3) is 11.6 Å². The minimum atomic E-state index is -0.518. The zero-order chi connectivity index (χ0) is 17.1. The summed E-state index contributed by atoms with van der Waals surface area (Å²) in [7, 11) is 0. The van der Waals surface area contributed by atoms with E-state index < -0.39 is 4.92 Å². The fourth-order valence-corrected chi connectivity index (χ4v) is 3.15. The van der Waals surface area contributed by atoms with Crippen molar-refractivity contribution in [2.75, 3.05) is 0 Å². The maximum Gasteiger partial charge on any atom is 0.284 e. The molecule has 3 rings (SSSR count). The number of nitrogens with zero attached hydrogens (tertiary/aromatic N) is 4. The van der Waals surface area contributed by atoms with Gasteiger partial charge in [-0.25, -0.2) is 0 Å². The van der Waals surface area contributed by atoms with Crippen LogP contribution in [0, 0.1) is 10.1 Å². The largest absolute Gasteiger partial charge is 0.461 e. The highest BCUT2D eigenvalue weighted by Crippen LogP contribution is 2.35. The fraction of sp³-hybridized carbons (Fsp3) is 0.133. The number of aldehydes is 1. The van der Waals surface area contributed by atoms with Crippen molar-refractivity contribution >= 4 is 23.7 Å². The van der Waals surface area contributed by atoms with Gasteiger partial charge in [0.2, 0.25) is 0 Å².